The van der Waals surface area contributed by atoms with Crippen molar-refractivity contribution < 1.29 is 13.2 Å². The lowest BCUT2D eigenvalue weighted by Crippen LogP contribution is -1.98. The van der Waals surface area contributed by atoms with Crippen LogP contribution in [-0.2, 0) is 16.4 Å². The van der Waals surface area contributed by atoms with E-state index in [0.29, 0.717) is 17.9 Å². The van der Waals surface area contributed by atoms with Crippen molar-refractivity contribution in [1.82, 2.24) is 0 Å². The summed E-state index contributed by atoms with van der Waals surface area (Å²) in [5.41, 5.74) is 5.10. The highest BCUT2D eigenvalue weighted by Gasteiger charge is 2.14. The van der Waals surface area contributed by atoms with Crippen LogP contribution >= 0.6 is 11.3 Å². The molecular formula is C29H25NO3S2. The second-order valence-electron chi connectivity index (χ2n) is 8.40. The Hall–Kier alpha value is -3.58. The Morgan fingerprint density at radius 2 is 1.80 bits per heavy atom. The highest BCUT2D eigenvalue weighted by Crippen LogP contribution is 2.37. The quantitative estimate of drug-likeness (QED) is 0.260. The number of nitriles is 1. The maximum atomic E-state index is 11.9. The Morgan fingerprint density at radius 3 is 2.46 bits per heavy atom. The first kappa shape index (κ1) is 24.5. The molecule has 0 saturated heterocycles. The third kappa shape index (κ3) is 5.57. The number of thiophene rings is 1. The maximum absolute atomic E-state index is 11.9. The van der Waals surface area contributed by atoms with E-state index in [0.717, 1.165) is 39.0 Å². The van der Waals surface area contributed by atoms with Crippen LogP contribution in [0.1, 0.15) is 36.0 Å². The Bertz CT molecular complexity index is 1580. The van der Waals surface area contributed by atoms with Crippen molar-refractivity contribution in [2.24, 2.45) is 0 Å². The second-order valence-corrected chi connectivity index (χ2v) is 11.3. The van der Waals surface area contributed by atoms with Crippen LogP contribution in [0.3, 0.4) is 0 Å². The molecule has 4 rings (SSSR count). The Labute approximate surface area is 210 Å². The van der Waals surface area contributed by atoms with Crippen LogP contribution in [0.5, 0.6) is 5.75 Å². The minimum absolute atomic E-state index is 0.0894. The highest BCUT2D eigenvalue weighted by atomic mass is 32.2. The average molecular weight is 500 g/mol. The lowest BCUT2D eigenvalue weighted by molar-refractivity contribution is 0.306. The molecule has 0 N–H and O–H groups in total. The van der Waals surface area contributed by atoms with E-state index in [2.05, 4.69) is 41.5 Å². The number of fused-ring (bicyclic) bond motifs is 1. The minimum atomic E-state index is -3.24. The summed E-state index contributed by atoms with van der Waals surface area (Å²) in [6, 6.07) is 21.5. The molecule has 176 valence electrons. The van der Waals surface area contributed by atoms with E-state index >= 15 is 0 Å². The highest BCUT2D eigenvalue weighted by molar-refractivity contribution is 7.90. The first-order valence-electron chi connectivity index (χ1n) is 11.1. The second kappa shape index (κ2) is 10.4. The van der Waals surface area contributed by atoms with Crippen molar-refractivity contribution in [3.63, 3.8) is 0 Å². The van der Waals surface area contributed by atoms with Gasteiger partial charge in [-0.15, -0.1) is 17.3 Å². The number of rotatable bonds is 7. The summed E-state index contributed by atoms with van der Waals surface area (Å²) in [5.74, 6) is 6.64. The van der Waals surface area contributed by atoms with Crippen LogP contribution in [-0.4, -0.2) is 14.7 Å². The number of sulfone groups is 1. The molecule has 0 bridgehead atoms. The van der Waals surface area contributed by atoms with Crippen LogP contribution in [0.4, 0.5) is 0 Å². The first-order valence-corrected chi connectivity index (χ1v) is 13.9. The van der Waals surface area contributed by atoms with E-state index in [4.69, 9.17) is 10.00 Å². The van der Waals surface area contributed by atoms with Crippen LogP contribution < -0.4 is 4.74 Å². The monoisotopic (exact) mass is 499 g/mol. The normalized spacial score (nSPS) is 11.9. The molecule has 0 saturated carbocycles. The number of aryl methyl sites for hydroxylation is 1. The zero-order chi connectivity index (χ0) is 25.0. The van der Waals surface area contributed by atoms with Gasteiger partial charge in [-0.1, -0.05) is 30.2 Å². The van der Waals surface area contributed by atoms with Gasteiger partial charge in [-0.3, -0.25) is 0 Å². The lowest BCUT2D eigenvalue weighted by Gasteiger charge is -2.11. The zero-order valence-corrected chi connectivity index (χ0v) is 21.5. The van der Waals surface area contributed by atoms with Gasteiger partial charge in [0.15, 0.2) is 9.84 Å². The van der Waals surface area contributed by atoms with Crippen molar-refractivity contribution in [2.75, 3.05) is 6.26 Å². The summed E-state index contributed by atoms with van der Waals surface area (Å²) < 4.78 is 31.0. The summed E-state index contributed by atoms with van der Waals surface area (Å²) in [6.07, 6.45) is 1.59. The van der Waals surface area contributed by atoms with Gasteiger partial charge in [-0.25, -0.2) is 8.42 Å². The molecule has 0 unspecified atom stereocenters. The van der Waals surface area contributed by atoms with E-state index in [-0.39, 0.29) is 5.92 Å². The van der Waals surface area contributed by atoms with Crippen LogP contribution in [0.2, 0.25) is 0 Å². The third-order valence-corrected chi connectivity index (χ3v) is 7.93. The predicted octanol–water partition coefficient (Wildman–Crippen LogP) is 6.88. The van der Waals surface area contributed by atoms with Gasteiger partial charge >= 0.3 is 0 Å². The van der Waals surface area contributed by atoms with Crippen molar-refractivity contribution in [3.05, 3.63) is 82.7 Å². The summed E-state index contributed by atoms with van der Waals surface area (Å²) in [6.45, 7) is 4.15. The number of hydrogen-bond donors (Lipinski definition) is 0. The molecule has 4 aromatic rings. The topological polar surface area (TPSA) is 67.2 Å². The molecule has 0 aliphatic carbocycles. The van der Waals surface area contributed by atoms with E-state index in [9.17, 15) is 8.42 Å². The third-order valence-electron chi connectivity index (χ3n) is 5.86. The standard InChI is InChI=1S/C29H25NO3S2/c1-4-5-22(14-15-30)23-7-9-24(10-8-23)33-18-21-6-13-29-27(17-21)28(19-34-29)26-12-11-25(16-20(26)2)35(3,31)32/h6-13,16-17,19,22H,14,18H2,1-3H3/t22-/m0/s1. The SMILES string of the molecule is CC#C[C@@H](CC#N)c1ccc(OCc2ccc3scc(-c4ccc(S(C)(=O)=O)cc4C)c3c2)cc1. The zero-order valence-electron chi connectivity index (χ0n) is 19.8. The van der Waals surface area contributed by atoms with Crippen LogP contribution in [0, 0.1) is 30.1 Å². The van der Waals surface area contributed by atoms with Crippen molar-refractivity contribution in [1.29, 1.82) is 5.26 Å². The summed E-state index contributed by atoms with van der Waals surface area (Å²) in [7, 11) is -3.24. The van der Waals surface area contributed by atoms with E-state index in [1.165, 1.54) is 11.0 Å². The summed E-state index contributed by atoms with van der Waals surface area (Å²) >= 11 is 1.67. The molecule has 0 spiro atoms. The molecule has 1 aromatic heterocycles. The van der Waals surface area contributed by atoms with Gasteiger partial charge in [0.2, 0.25) is 0 Å². The molecule has 0 aliphatic heterocycles. The molecule has 0 fully saturated rings. The molecule has 1 heterocycles. The molecular weight excluding hydrogens is 474 g/mol. The molecule has 3 aromatic carbocycles. The van der Waals surface area contributed by atoms with Gasteiger partial charge in [0.1, 0.15) is 12.4 Å². The van der Waals surface area contributed by atoms with Crippen LogP contribution in [0.25, 0.3) is 21.2 Å². The largest absolute Gasteiger partial charge is 0.489 e. The van der Waals surface area contributed by atoms with Crippen molar-refractivity contribution >= 4 is 31.3 Å². The Morgan fingerprint density at radius 1 is 1.03 bits per heavy atom. The molecule has 6 heteroatoms. The van der Waals surface area contributed by atoms with Crippen molar-refractivity contribution in [3.8, 4) is 34.8 Å². The van der Waals surface area contributed by atoms with Gasteiger partial charge in [0.05, 0.1) is 23.3 Å². The predicted molar refractivity (Wildman–Crippen MR) is 142 cm³/mol. The Kier molecular flexibility index (Phi) is 7.26. The molecule has 4 nitrogen and oxygen atoms in total. The molecule has 0 amide bonds. The fraction of sp³-hybridized carbons (Fsp3) is 0.207. The number of ether oxygens (including phenoxy) is 1. The van der Waals surface area contributed by atoms with Gasteiger partial charge in [0, 0.05) is 21.9 Å². The Balaban J connectivity index is 1.55. The summed E-state index contributed by atoms with van der Waals surface area (Å²) in [4.78, 5) is 0.332. The van der Waals surface area contributed by atoms with Gasteiger partial charge in [0.25, 0.3) is 0 Å². The maximum Gasteiger partial charge on any atom is 0.175 e. The van der Waals surface area contributed by atoms with E-state index in [1.807, 2.05) is 37.3 Å². The van der Waals surface area contributed by atoms with Gasteiger partial charge < -0.3 is 4.74 Å². The lowest BCUT2D eigenvalue weighted by atomic mass is 9.97. The summed E-state index contributed by atoms with van der Waals surface area (Å²) in [5, 5.41) is 12.3. The molecule has 35 heavy (non-hydrogen) atoms. The van der Waals surface area contributed by atoms with Crippen LogP contribution in [0.15, 0.2) is 70.9 Å². The molecule has 1 atom stereocenters. The fourth-order valence-corrected chi connectivity index (χ4v) is 5.67. The van der Waals surface area contributed by atoms with E-state index in [1.54, 1.807) is 30.4 Å². The average Bonchev–Trinajstić information content (AvgIpc) is 3.25. The van der Waals surface area contributed by atoms with Gasteiger partial charge in [-0.05, 0) is 77.9 Å². The first-order chi connectivity index (χ1) is 16.8. The smallest absolute Gasteiger partial charge is 0.175 e. The fourth-order valence-electron chi connectivity index (χ4n) is 4.02. The van der Waals surface area contributed by atoms with Crippen molar-refractivity contribution in [2.45, 2.75) is 37.7 Å². The number of nitrogens with zero attached hydrogens (tertiary/aromatic N) is 1. The number of benzene rings is 3. The molecule has 0 aliphatic rings. The minimum Gasteiger partial charge on any atom is -0.489 e. The molecule has 0 radical (unpaired) electrons. The van der Waals surface area contributed by atoms with Gasteiger partial charge in [-0.2, -0.15) is 5.26 Å². The number of hydrogen-bond acceptors (Lipinski definition) is 5. The van der Waals surface area contributed by atoms with E-state index < -0.39 is 9.84 Å².